The van der Waals surface area contributed by atoms with Gasteiger partial charge in [0, 0.05) is 31.8 Å². The van der Waals surface area contributed by atoms with Crippen LogP contribution in [0.25, 0.3) is 0 Å². The molecule has 88 valence electrons. The molecule has 0 aromatic carbocycles. The van der Waals surface area contributed by atoms with E-state index in [1.165, 1.54) is 17.1 Å². The standard InChI is InChI=1S/C11H16N2O3/c1-9(8-12-4-6-16-7-5-12)13-10(14)2-3-11(13)15/h2-3,9H,4-8H2,1H3. The maximum absolute atomic E-state index is 11.4. The third kappa shape index (κ3) is 2.31. The van der Waals surface area contributed by atoms with Crippen LogP contribution in [0.1, 0.15) is 6.92 Å². The molecule has 2 heterocycles. The summed E-state index contributed by atoms with van der Waals surface area (Å²) in [5, 5.41) is 0. The summed E-state index contributed by atoms with van der Waals surface area (Å²) >= 11 is 0. The van der Waals surface area contributed by atoms with E-state index in [1.54, 1.807) is 0 Å². The Morgan fingerprint density at radius 3 is 2.38 bits per heavy atom. The SMILES string of the molecule is CC(CN1CCOCC1)N1C(=O)C=CC1=O. The zero-order valence-corrected chi connectivity index (χ0v) is 9.39. The molecule has 0 aromatic rings. The number of amides is 2. The van der Waals surface area contributed by atoms with Gasteiger partial charge in [0.15, 0.2) is 0 Å². The van der Waals surface area contributed by atoms with Crippen LogP contribution < -0.4 is 0 Å². The van der Waals surface area contributed by atoms with Crippen molar-refractivity contribution in [2.24, 2.45) is 0 Å². The lowest BCUT2D eigenvalue weighted by atomic mass is 10.2. The Kier molecular flexibility index (Phi) is 3.36. The number of hydrogen-bond acceptors (Lipinski definition) is 4. The zero-order valence-electron chi connectivity index (χ0n) is 9.39. The first-order valence-electron chi connectivity index (χ1n) is 5.54. The summed E-state index contributed by atoms with van der Waals surface area (Å²) in [6.45, 7) is 5.82. The van der Waals surface area contributed by atoms with Crippen LogP contribution in [0.4, 0.5) is 0 Å². The highest BCUT2D eigenvalue weighted by atomic mass is 16.5. The lowest BCUT2D eigenvalue weighted by molar-refractivity contribution is -0.139. The number of imide groups is 1. The summed E-state index contributed by atoms with van der Waals surface area (Å²) in [6.07, 6.45) is 2.66. The Bertz CT molecular complexity index is 303. The highest BCUT2D eigenvalue weighted by molar-refractivity contribution is 6.13. The van der Waals surface area contributed by atoms with Crippen molar-refractivity contribution in [1.29, 1.82) is 0 Å². The molecule has 0 aliphatic carbocycles. The summed E-state index contributed by atoms with van der Waals surface area (Å²) < 4.78 is 5.25. The van der Waals surface area contributed by atoms with Crippen LogP contribution in [0.15, 0.2) is 12.2 Å². The van der Waals surface area contributed by atoms with Gasteiger partial charge in [0.1, 0.15) is 0 Å². The van der Waals surface area contributed by atoms with Crippen LogP contribution in [-0.2, 0) is 14.3 Å². The molecule has 0 radical (unpaired) electrons. The molecule has 0 N–H and O–H groups in total. The molecular formula is C11H16N2O3. The minimum Gasteiger partial charge on any atom is -0.379 e. The topological polar surface area (TPSA) is 49.9 Å². The molecule has 0 spiro atoms. The second-order valence-electron chi connectivity index (χ2n) is 4.14. The highest BCUT2D eigenvalue weighted by Crippen LogP contribution is 2.11. The Hall–Kier alpha value is -1.20. The van der Waals surface area contributed by atoms with Crippen molar-refractivity contribution in [1.82, 2.24) is 9.80 Å². The monoisotopic (exact) mass is 224 g/mol. The number of morpholine rings is 1. The molecule has 1 unspecified atom stereocenters. The van der Waals surface area contributed by atoms with Gasteiger partial charge in [-0.05, 0) is 6.92 Å². The lowest BCUT2D eigenvalue weighted by Crippen LogP contribution is -2.48. The number of carbonyl (C=O) groups excluding carboxylic acids is 2. The molecule has 0 saturated carbocycles. The van der Waals surface area contributed by atoms with Crippen molar-refractivity contribution >= 4 is 11.8 Å². The summed E-state index contributed by atoms with van der Waals surface area (Å²) in [5.41, 5.74) is 0. The number of carbonyl (C=O) groups is 2. The van der Waals surface area contributed by atoms with Gasteiger partial charge in [0.05, 0.1) is 19.3 Å². The first-order chi connectivity index (χ1) is 7.68. The third-order valence-electron chi connectivity index (χ3n) is 2.91. The van der Waals surface area contributed by atoms with Crippen molar-refractivity contribution < 1.29 is 14.3 Å². The van der Waals surface area contributed by atoms with E-state index in [-0.39, 0.29) is 17.9 Å². The van der Waals surface area contributed by atoms with Crippen molar-refractivity contribution in [2.75, 3.05) is 32.8 Å². The van der Waals surface area contributed by atoms with Gasteiger partial charge in [-0.25, -0.2) is 0 Å². The fraction of sp³-hybridized carbons (Fsp3) is 0.636. The van der Waals surface area contributed by atoms with E-state index in [0.717, 1.165) is 32.8 Å². The van der Waals surface area contributed by atoms with Gasteiger partial charge in [0.2, 0.25) is 0 Å². The first kappa shape index (κ1) is 11.3. The summed E-state index contributed by atoms with van der Waals surface area (Å²) in [5.74, 6) is -0.406. The van der Waals surface area contributed by atoms with Crippen LogP contribution in [-0.4, -0.2) is 60.5 Å². The van der Waals surface area contributed by atoms with E-state index in [9.17, 15) is 9.59 Å². The molecular weight excluding hydrogens is 208 g/mol. The molecule has 1 atom stereocenters. The number of nitrogens with zero attached hydrogens (tertiary/aromatic N) is 2. The Balaban J connectivity index is 1.89. The number of ether oxygens (including phenoxy) is 1. The molecule has 2 rings (SSSR count). The van der Waals surface area contributed by atoms with Gasteiger partial charge in [-0.3, -0.25) is 19.4 Å². The smallest absolute Gasteiger partial charge is 0.253 e. The fourth-order valence-corrected chi connectivity index (χ4v) is 2.09. The molecule has 0 bridgehead atoms. The molecule has 0 aromatic heterocycles. The highest BCUT2D eigenvalue weighted by Gasteiger charge is 2.29. The average molecular weight is 224 g/mol. The molecule has 2 aliphatic heterocycles. The van der Waals surface area contributed by atoms with Crippen molar-refractivity contribution in [3.63, 3.8) is 0 Å². The number of rotatable bonds is 3. The van der Waals surface area contributed by atoms with Crippen LogP contribution in [0, 0.1) is 0 Å². The van der Waals surface area contributed by atoms with E-state index in [4.69, 9.17) is 4.74 Å². The number of hydrogen-bond donors (Lipinski definition) is 0. The van der Waals surface area contributed by atoms with E-state index in [1.807, 2.05) is 6.92 Å². The molecule has 5 heteroatoms. The van der Waals surface area contributed by atoms with Crippen LogP contribution >= 0.6 is 0 Å². The minimum atomic E-state index is -0.203. The van der Waals surface area contributed by atoms with Crippen LogP contribution in [0.2, 0.25) is 0 Å². The third-order valence-corrected chi connectivity index (χ3v) is 2.91. The predicted molar refractivity (Wildman–Crippen MR) is 57.7 cm³/mol. The van der Waals surface area contributed by atoms with Gasteiger partial charge < -0.3 is 4.74 Å². The zero-order chi connectivity index (χ0) is 11.5. The van der Waals surface area contributed by atoms with Crippen LogP contribution in [0.3, 0.4) is 0 Å². The van der Waals surface area contributed by atoms with Gasteiger partial charge >= 0.3 is 0 Å². The van der Waals surface area contributed by atoms with Crippen LogP contribution in [0.5, 0.6) is 0 Å². The Morgan fingerprint density at radius 1 is 1.25 bits per heavy atom. The lowest BCUT2D eigenvalue weighted by Gasteiger charge is -2.32. The fourth-order valence-electron chi connectivity index (χ4n) is 2.09. The summed E-state index contributed by atoms with van der Waals surface area (Å²) in [7, 11) is 0. The molecule has 1 saturated heterocycles. The first-order valence-corrected chi connectivity index (χ1v) is 5.54. The normalized spacial score (nSPS) is 24.2. The van der Waals surface area contributed by atoms with Gasteiger partial charge in [-0.15, -0.1) is 0 Å². The molecule has 5 nitrogen and oxygen atoms in total. The second-order valence-corrected chi connectivity index (χ2v) is 4.14. The van der Waals surface area contributed by atoms with E-state index < -0.39 is 0 Å². The van der Waals surface area contributed by atoms with E-state index in [0.29, 0.717) is 0 Å². The Morgan fingerprint density at radius 2 is 1.81 bits per heavy atom. The quantitative estimate of drug-likeness (QED) is 0.614. The molecule has 2 aliphatic rings. The average Bonchev–Trinajstić information content (AvgIpc) is 2.60. The van der Waals surface area contributed by atoms with E-state index >= 15 is 0 Å². The molecule has 2 amide bonds. The van der Waals surface area contributed by atoms with Crippen molar-refractivity contribution in [3.05, 3.63) is 12.2 Å². The molecule has 16 heavy (non-hydrogen) atoms. The van der Waals surface area contributed by atoms with Crippen molar-refractivity contribution in [3.8, 4) is 0 Å². The second kappa shape index (κ2) is 4.76. The summed E-state index contributed by atoms with van der Waals surface area (Å²) in [6, 6.07) is -0.0758. The predicted octanol–water partition coefficient (Wildman–Crippen LogP) is -0.368. The maximum atomic E-state index is 11.4. The van der Waals surface area contributed by atoms with E-state index in [2.05, 4.69) is 4.90 Å². The van der Waals surface area contributed by atoms with Gasteiger partial charge in [0.25, 0.3) is 11.8 Å². The Labute approximate surface area is 94.6 Å². The van der Waals surface area contributed by atoms with Gasteiger partial charge in [-0.2, -0.15) is 0 Å². The largest absolute Gasteiger partial charge is 0.379 e. The van der Waals surface area contributed by atoms with Gasteiger partial charge in [-0.1, -0.05) is 0 Å². The minimum absolute atomic E-state index is 0.0758. The summed E-state index contributed by atoms with van der Waals surface area (Å²) in [4.78, 5) is 26.4. The maximum Gasteiger partial charge on any atom is 0.253 e. The molecule has 1 fully saturated rings. The van der Waals surface area contributed by atoms with Crippen molar-refractivity contribution in [2.45, 2.75) is 13.0 Å².